The molecule has 2 heterocycles. The number of anilines is 2. The predicted molar refractivity (Wildman–Crippen MR) is 51.4 cm³/mol. The zero-order valence-electron chi connectivity index (χ0n) is 7.55. The number of nitrogen functional groups attached to an aromatic ring is 1. The Hall–Kier alpha value is -1.85. The largest absolute Gasteiger partial charge is 0.381 e. The van der Waals surface area contributed by atoms with Crippen molar-refractivity contribution in [2.45, 2.75) is 12.5 Å². The summed E-state index contributed by atoms with van der Waals surface area (Å²) < 4.78 is 0. The van der Waals surface area contributed by atoms with Crippen LogP contribution < -0.4 is 16.4 Å². The highest BCUT2D eigenvalue weighted by Crippen LogP contribution is 2.27. The molecule has 1 fully saturated rings. The normalized spacial score (nSPS) is 20.3. The smallest absolute Gasteiger partial charge is 0.240 e. The van der Waals surface area contributed by atoms with Crippen LogP contribution in [0.2, 0.25) is 0 Å². The molecule has 74 valence electrons. The van der Waals surface area contributed by atoms with Gasteiger partial charge in [-0.15, -0.1) is 0 Å². The van der Waals surface area contributed by atoms with Crippen LogP contribution in [0.25, 0.3) is 0 Å². The molecule has 1 aliphatic rings. The average Bonchev–Trinajstić information content (AvgIpc) is 2.05. The number of carbonyl (C=O) groups is 1. The number of amides is 1. The summed E-state index contributed by atoms with van der Waals surface area (Å²) in [4.78, 5) is 20.7. The van der Waals surface area contributed by atoms with E-state index in [2.05, 4.69) is 9.97 Å². The molecular formula is C8H11N5O. The topological polar surface area (TPSA) is 98.1 Å². The first-order valence-corrected chi connectivity index (χ1v) is 4.32. The van der Waals surface area contributed by atoms with Crippen LogP contribution in [0.15, 0.2) is 12.4 Å². The molecular weight excluding hydrogens is 182 g/mol. The van der Waals surface area contributed by atoms with Crippen molar-refractivity contribution >= 4 is 17.5 Å². The number of carbonyl (C=O) groups excluding carboxylic acids is 1. The minimum atomic E-state index is -0.346. The van der Waals surface area contributed by atoms with E-state index in [1.165, 1.54) is 6.20 Å². The molecule has 0 aromatic carbocycles. The highest BCUT2D eigenvalue weighted by atomic mass is 16.1. The molecule has 1 aromatic heterocycles. The fraction of sp³-hybridized carbons (Fsp3) is 0.375. The van der Waals surface area contributed by atoms with Gasteiger partial charge >= 0.3 is 0 Å². The summed E-state index contributed by atoms with van der Waals surface area (Å²) >= 11 is 0. The minimum absolute atomic E-state index is 0.283. The van der Waals surface area contributed by atoms with E-state index < -0.39 is 0 Å². The Morgan fingerprint density at radius 3 is 2.71 bits per heavy atom. The SMILES string of the molecule is NC(=O)C1CCN1c1nccnc1N. The highest BCUT2D eigenvalue weighted by molar-refractivity contribution is 5.86. The lowest BCUT2D eigenvalue weighted by Gasteiger charge is -2.39. The molecule has 1 aliphatic heterocycles. The number of aromatic nitrogens is 2. The molecule has 0 spiro atoms. The molecule has 0 bridgehead atoms. The molecule has 6 heteroatoms. The summed E-state index contributed by atoms with van der Waals surface area (Å²) in [6, 6.07) is -0.283. The second-order valence-corrected chi connectivity index (χ2v) is 3.17. The number of primary amides is 1. The Morgan fingerprint density at radius 1 is 1.50 bits per heavy atom. The van der Waals surface area contributed by atoms with E-state index >= 15 is 0 Å². The minimum Gasteiger partial charge on any atom is -0.381 e. The fourth-order valence-corrected chi connectivity index (χ4v) is 1.50. The quantitative estimate of drug-likeness (QED) is 0.635. The highest BCUT2D eigenvalue weighted by Gasteiger charge is 2.34. The molecule has 4 N–H and O–H groups in total. The number of hydrogen-bond acceptors (Lipinski definition) is 5. The van der Waals surface area contributed by atoms with Gasteiger partial charge in [0.05, 0.1) is 0 Å². The zero-order chi connectivity index (χ0) is 10.1. The third-order valence-electron chi connectivity index (χ3n) is 2.33. The lowest BCUT2D eigenvalue weighted by molar-refractivity contribution is -0.120. The van der Waals surface area contributed by atoms with Crippen LogP contribution in [-0.2, 0) is 4.79 Å². The number of hydrogen-bond donors (Lipinski definition) is 2. The second kappa shape index (κ2) is 3.13. The molecule has 14 heavy (non-hydrogen) atoms. The van der Waals surface area contributed by atoms with Crippen LogP contribution >= 0.6 is 0 Å². The van der Waals surface area contributed by atoms with Crippen LogP contribution in [0.3, 0.4) is 0 Å². The lowest BCUT2D eigenvalue weighted by Crippen LogP contribution is -2.55. The van der Waals surface area contributed by atoms with Gasteiger partial charge in [0.2, 0.25) is 5.91 Å². The molecule has 1 amide bonds. The maximum atomic E-state index is 11.0. The summed E-state index contributed by atoms with van der Waals surface area (Å²) in [7, 11) is 0. The van der Waals surface area contributed by atoms with Crippen molar-refractivity contribution in [3.63, 3.8) is 0 Å². The Morgan fingerprint density at radius 2 is 2.21 bits per heavy atom. The van der Waals surface area contributed by atoms with Crippen LogP contribution in [0.5, 0.6) is 0 Å². The molecule has 0 aliphatic carbocycles. The van der Waals surface area contributed by atoms with E-state index in [1.807, 2.05) is 0 Å². The van der Waals surface area contributed by atoms with Gasteiger partial charge in [0.15, 0.2) is 11.6 Å². The van der Waals surface area contributed by atoms with Gasteiger partial charge < -0.3 is 16.4 Å². The van der Waals surface area contributed by atoms with Gasteiger partial charge in [-0.3, -0.25) is 4.79 Å². The Kier molecular flexibility index (Phi) is 1.95. The molecule has 1 atom stereocenters. The summed E-state index contributed by atoms with van der Waals surface area (Å²) in [6.07, 6.45) is 3.81. The Bertz CT molecular complexity index is 367. The predicted octanol–water partition coefficient (Wildman–Crippen LogP) is -0.877. The van der Waals surface area contributed by atoms with E-state index in [1.54, 1.807) is 11.1 Å². The van der Waals surface area contributed by atoms with Crippen LogP contribution in [0.1, 0.15) is 6.42 Å². The number of nitrogens with two attached hydrogens (primary N) is 2. The number of nitrogens with zero attached hydrogens (tertiary/aromatic N) is 3. The maximum absolute atomic E-state index is 11.0. The van der Waals surface area contributed by atoms with Gasteiger partial charge in [0, 0.05) is 18.9 Å². The lowest BCUT2D eigenvalue weighted by atomic mass is 10.0. The van der Waals surface area contributed by atoms with Gasteiger partial charge in [0.1, 0.15) is 6.04 Å². The fourth-order valence-electron chi connectivity index (χ4n) is 1.50. The van der Waals surface area contributed by atoms with Gasteiger partial charge in [0.25, 0.3) is 0 Å². The van der Waals surface area contributed by atoms with E-state index in [0.717, 1.165) is 13.0 Å². The monoisotopic (exact) mass is 193 g/mol. The van der Waals surface area contributed by atoms with Crippen LogP contribution in [0.4, 0.5) is 11.6 Å². The van der Waals surface area contributed by atoms with Crippen molar-refractivity contribution in [3.8, 4) is 0 Å². The first-order chi connectivity index (χ1) is 6.70. The van der Waals surface area contributed by atoms with E-state index in [9.17, 15) is 4.79 Å². The first-order valence-electron chi connectivity index (χ1n) is 4.32. The summed E-state index contributed by atoms with van der Waals surface area (Å²) in [6.45, 7) is 0.747. The van der Waals surface area contributed by atoms with Crippen molar-refractivity contribution in [2.24, 2.45) is 5.73 Å². The third kappa shape index (κ3) is 1.24. The van der Waals surface area contributed by atoms with Crippen LogP contribution in [-0.4, -0.2) is 28.5 Å². The van der Waals surface area contributed by atoms with Gasteiger partial charge in [-0.25, -0.2) is 9.97 Å². The summed E-state index contributed by atoms with van der Waals surface area (Å²) in [5, 5.41) is 0. The van der Waals surface area contributed by atoms with Crippen molar-refractivity contribution in [1.82, 2.24) is 9.97 Å². The number of rotatable bonds is 2. The Labute approximate surface area is 80.9 Å². The zero-order valence-corrected chi connectivity index (χ0v) is 7.55. The van der Waals surface area contributed by atoms with Crippen molar-refractivity contribution in [3.05, 3.63) is 12.4 Å². The molecule has 1 saturated heterocycles. The average molecular weight is 193 g/mol. The van der Waals surface area contributed by atoms with E-state index in [4.69, 9.17) is 11.5 Å². The van der Waals surface area contributed by atoms with Crippen molar-refractivity contribution in [2.75, 3.05) is 17.2 Å². The van der Waals surface area contributed by atoms with Crippen molar-refractivity contribution in [1.29, 1.82) is 0 Å². The third-order valence-corrected chi connectivity index (χ3v) is 2.33. The molecule has 0 radical (unpaired) electrons. The van der Waals surface area contributed by atoms with E-state index in [0.29, 0.717) is 11.6 Å². The second-order valence-electron chi connectivity index (χ2n) is 3.17. The van der Waals surface area contributed by atoms with Gasteiger partial charge in [-0.05, 0) is 6.42 Å². The van der Waals surface area contributed by atoms with E-state index in [-0.39, 0.29) is 11.9 Å². The van der Waals surface area contributed by atoms with Crippen molar-refractivity contribution < 1.29 is 4.79 Å². The van der Waals surface area contributed by atoms with Gasteiger partial charge in [-0.1, -0.05) is 0 Å². The summed E-state index contributed by atoms with van der Waals surface area (Å²) in [5.74, 6) is 0.530. The molecule has 1 unspecified atom stereocenters. The van der Waals surface area contributed by atoms with Crippen LogP contribution in [0, 0.1) is 0 Å². The molecule has 2 rings (SSSR count). The summed E-state index contributed by atoms with van der Waals surface area (Å²) in [5.41, 5.74) is 10.8. The standard InChI is InChI=1S/C8H11N5O/c9-6-8(12-3-2-11-6)13-4-1-5(13)7(10)14/h2-3,5H,1,4H2,(H2,9,11)(H2,10,14). The first kappa shape index (κ1) is 8.74. The van der Waals surface area contributed by atoms with Gasteiger partial charge in [-0.2, -0.15) is 0 Å². The molecule has 6 nitrogen and oxygen atoms in total. The Balaban J connectivity index is 2.24. The maximum Gasteiger partial charge on any atom is 0.240 e. The molecule has 0 saturated carbocycles. The molecule has 1 aromatic rings.